The first kappa shape index (κ1) is 13.9. The summed E-state index contributed by atoms with van der Waals surface area (Å²) in [5, 5.41) is 0. The maximum atomic E-state index is 13.3. The predicted octanol–water partition coefficient (Wildman–Crippen LogP) is 2.39. The number of hydrogen-bond acceptors (Lipinski definition) is 3. The van der Waals surface area contributed by atoms with E-state index in [0.717, 1.165) is 42.5 Å². The van der Waals surface area contributed by atoms with Crippen molar-refractivity contribution in [1.29, 1.82) is 0 Å². The fraction of sp³-hybridized carbons (Fsp3) is 0.538. The van der Waals surface area contributed by atoms with Gasteiger partial charge in [-0.3, -0.25) is 11.3 Å². The largest absolute Gasteiger partial charge is 0.381 e. The van der Waals surface area contributed by atoms with Crippen LogP contribution in [0.3, 0.4) is 0 Å². The van der Waals surface area contributed by atoms with Crippen LogP contribution in [0.5, 0.6) is 0 Å². The second-order valence-corrected chi connectivity index (χ2v) is 5.62. The summed E-state index contributed by atoms with van der Waals surface area (Å²) < 4.78 is 19.4. The molecule has 1 aromatic rings. The molecule has 5 heteroatoms. The molecule has 2 rings (SSSR count). The summed E-state index contributed by atoms with van der Waals surface area (Å²) in [5.74, 6) is 5.90. The molecule has 100 valence electrons. The summed E-state index contributed by atoms with van der Waals surface area (Å²) >= 11 is 3.31. The molecule has 0 amide bonds. The Bertz CT molecular complexity index is 376. The maximum absolute atomic E-state index is 13.3. The van der Waals surface area contributed by atoms with E-state index in [1.54, 1.807) is 6.07 Å². The second-order valence-electron chi connectivity index (χ2n) is 4.70. The van der Waals surface area contributed by atoms with Gasteiger partial charge in [-0.2, -0.15) is 0 Å². The number of rotatable bonds is 4. The van der Waals surface area contributed by atoms with E-state index in [1.165, 1.54) is 6.07 Å². The SMILES string of the molecule is NNC(Cc1cc(F)cc(Br)c1)C1CCOCC1. The molecular weight excluding hydrogens is 299 g/mol. The van der Waals surface area contributed by atoms with Crippen molar-refractivity contribution in [3.8, 4) is 0 Å². The molecule has 3 nitrogen and oxygen atoms in total. The van der Waals surface area contributed by atoms with Crippen molar-refractivity contribution < 1.29 is 9.13 Å². The number of halogens is 2. The molecule has 1 aliphatic rings. The second kappa shape index (κ2) is 6.61. The van der Waals surface area contributed by atoms with Gasteiger partial charge in [-0.15, -0.1) is 0 Å². The topological polar surface area (TPSA) is 47.3 Å². The van der Waals surface area contributed by atoms with Crippen LogP contribution in [0.4, 0.5) is 4.39 Å². The van der Waals surface area contributed by atoms with E-state index in [0.29, 0.717) is 5.92 Å². The number of benzene rings is 1. The van der Waals surface area contributed by atoms with Gasteiger partial charge >= 0.3 is 0 Å². The molecule has 0 aliphatic carbocycles. The lowest BCUT2D eigenvalue weighted by atomic mass is 9.88. The molecular formula is C13H18BrFN2O. The van der Waals surface area contributed by atoms with Crippen molar-refractivity contribution in [2.24, 2.45) is 11.8 Å². The molecule has 0 radical (unpaired) electrons. The third kappa shape index (κ3) is 3.75. The smallest absolute Gasteiger partial charge is 0.124 e. The fourth-order valence-corrected chi connectivity index (χ4v) is 2.98. The first-order chi connectivity index (χ1) is 8.69. The van der Waals surface area contributed by atoms with E-state index in [-0.39, 0.29) is 11.9 Å². The van der Waals surface area contributed by atoms with E-state index in [9.17, 15) is 4.39 Å². The van der Waals surface area contributed by atoms with Gasteiger partial charge in [0, 0.05) is 23.7 Å². The molecule has 1 saturated heterocycles. The molecule has 1 heterocycles. The molecule has 18 heavy (non-hydrogen) atoms. The lowest BCUT2D eigenvalue weighted by Gasteiger charge is -2.30. The van der Waals surface area contributed by atoms with E-state index in [4.69, 9.17) is 10.6 Å². The lowest BCUT2D eigenvalue weighted by molar-refractivity contribution is 0.0537. The van der Waals surface area contributed by atoms with Crippen LogP contribution >= 0.6 is 15.9 Å². The van der Waals surface area contributed by atoms with Gasteiger partial charge < -0.3 is 4.74 Å². The molecule has 0 saturated carbocycles. The van der Waals surface area contributed by atoms with Gasteiger partial charge in [0.1, 0.15) is 5.82 Å². The first-order valence-electron chi connectivity index (χ1n) is 6.18. The quantitative estimate of drug-likeness (QED) is 0.662. The molecule has 0 spiro atoms. The number of hydrazine groups is 1. The standard InChI is InChI=1S/C13H18BrFN2O/c14-11-5-9(6-12(15)8-11)7-13(17-16)10-1-3-18-4-2-10/h5-6,8,10,13,17H,1-4,7,16H2. The van der Waals surface area contributed by atoms with E-state index in [1.807, 2.05) is 6.07 Å². The van der Waals surface area contributed by atoms with Crippen molar-refractivity contribution >= 4 is 15.9 Å². The Balaban J connectivity index is 2.04. The summed E-state index contributed by atoms with van der Waals surface area (Å²) in [7, 11) is 0. The highest BCUT2D eigenvalue weighted by Gasteiger charge is 2.23. The molecule has 1 atom stereocenters. The zero-order chi connectivity index (χ0) is 13.0. The summed E-state index contributed by atoms with van der Waals surface area (Å²) in [6.45, 7) is 1.57. The van der Waals surface area contributed by atoms with Crippen LogP contribution in [-0.4, -0.2) is 19.3 Å². The number of ether oxygens (including phenoxy) is 1. The fourth-order valence-electron chi connectivity index (χ4n) is 2.46. The van der Waals surface area contributed by atoms with Gasteiger partial charge in [-0.1, -0.05) is 15.9 Å². The van der Waals surface area contributed by atoms with Crippen LogP contribution in [-0.2, 0) is 11.2 Å². The summed E-state index contributed by atoms with van der Waals surface area (Å²) in [5.41, 5.74) is 3.82. The van der Waals surface area contributed by atoms with Crippen LogP contribution < -0.4 is 11.3 Å². The molecule has 0 bridgehead atoms. The Morgan fingerprint density at radius 3 is 2.72 bits per heavy atom. The molecule has 0 aromatic heterocycles. The highest BCUT2D eigenvalue weighted by atomic mass is 79.9. The molecule has 1 aliphatic heterocycles. The maximum Gasteiger partial charge on any atom is 0.124 e. The van der Waals surface area contributed by atoms with Gasteiger partial charge in [0.15, 0.2) is 0 Å². The van der Waals surface area contributed by atoms with Gasteiger partial charge in [-0.25, -0.2) is 4.39 Å². The highest BCUT2D eigenvalue weighted by molar-refractivity contribution is 9.10. The van der Waals surface area contributed by atoms with Crippen LogP contribution in [0.2, 0.25) is 0 Å². The zero-order valence-corrected chi connectivity index (χ0v) is 11.7. The monoisotopic (exact) mass is 316 g/mol. The minimum Gasteiger partial charge on any atom is -0.381 e. The average molecular weight is 317 g/mol. The first-order valence-corrected chi connectivity index (χ1v) is 6.97. The van der Waals surface area contributed by atoms with Crippen molar-refractivity contribution in [2.45, 2.75) is 25.3 Å². The Morgan fingerprint density at radius 1 is 1.39 bits per heavy atom. The Hall–Kier alpha value is -0.490. The molecule has 3 N–H and O–H groups in total. The van der Waals surface area contributed by atoms with Gasteiger partial charge in [0.2, 0.25) is 0 Å². The van der Waals surface area contributed by atoms with E-state index >= 15 is 0 Å². The Labute approximate surface area is 115 Å². The lowest BCUT2D eigenvalue weighted by Crippen LogP contribution is -2.44. The minimum atomic E-state index is -0.220. The van der Waals surface area contributed by atoms with Crippen LogP contribution in [0.25, 0.3) is 0 Å². The molecule has 1 fully saturated rings. The summed E-state index contributed by atoms with van der Waals surface area (Å²) in [6.07, 6.45) is 2.74. The van der Waals surface area contributed by atoms with Crippen molar-refractivity contribution in [1.82, 2.24) is 5.43 Å². The van der Waals surface area contributed by atoms with Crippen molar-refractivity contribution in [3.63, 3.8) is 0 Å². The zero-order valence-electron chi connectivity index (χ0n) is 10.2. The Morgan fingerprint density at radius 2 is 2.11 bits per heavy atom. The average Bonchev–Trinajstić information content (AvgIpc) is 2.36. The van der Waals surface area contributed by atoms with Crippen LogP contribution in [0.1, 0.15) is 18.4 Å². The Kier molecular flexibility index (Phi) is 5.12. The highest BCUT2D eigenvalue weighted by Crippen LogP contribution is 2.23. The molecule has 1 aromatic carbocycles. The van der Waals surface area contributed by atoms with Crippen molar-refractivity contribution in [2.75, 3.05) is 13.2 Å². The van der Waals surface area contributed by atoms with Crippen molar-refractivity contribution in [3.05, 3.63) is 34.1 Å². The third-order valence-electron chi connectivity index (χ3n) is 3.43. The summed E-state index contributed by atoms with van der Waals surface area (Å²) in [6, 6.07) is 5.13. The number of nitrogens with two attached hydrogens (primary N) is 1. The van der Waals surface area contributed by atoms with Gasteiger partial charge in [0.25, 0.3) is 0 Å². The summed E-state index contributed by atoms with van der Waals surface area (Å²) in [4.78, 5) is 0. The number of nitrogens with one attached hydrogen (secondary N) is 1. The van der Waals surface area contributed by atoms with Gasteiger partial charge in [0.05, 0.1) is 0 Å². The molecule has 1 unspecified atom stereocenters. The van der Waals surface area contributed by atoms with E-state index in [2.05, 4.69) is 21.4 Å². The van der Waals surface area contributed by atoms with Crippen LogP contribution in [0, 0.1) is 11.7 Å². The van der Waals surface area contributed by atoms with Crippen LogP contribution in [0.15, 0.2) is 22.7 Å². The minimum absolute atomic E-state index is 0.169. The normalized spacial score (nSPS) is 18.8. The predicted molar refractivity (Wildman–Crippen MR) is 72.5 cm³/mol. The number of hydrogen-bond donors (Lipinski definition) is 2. The van der Waals surface area contributed by atoms with E-state index < -0.39 is 0 Å². The van der Waals surface area contributed by atoms with Gasteiger partial charge in [-0.05, 0) is 48.9 Å². The third-order valence-corrected chi connectivity index (χ3v) is 3.88.